The Morgan fingerprint density at radius 1 is 1.35 bits per heavy atom. The van der Waals surface area contributed by atoms with Crippen LogP contribution in [0.25, 0.3) is 5.82 Å². The number of aromatic nitrogens is 5. The van der Waals surface area contributed by atoms with Crippen LogP contribution in [0.2, 0.25) is 0 Å². The molecule has 0 spiro atoms. The molecule has 0 atom stereocenters. The van der Waals surface area contributed by atoms with E-state index in [1.165, 1.54) is 29.1 Å². The Morgan fingerprint density at radius 3 is 2.87 bits per heavy atom. The summed E-state index contributed by atoms with van der Waals surface area (Å²) in [6.07, 6.45) is 3.42. The van der Waals surface area contributed by atoms with Crippen LogP contribution < -0.4 is 11.2 Å². The first-order valence-electron chi connectivity index (χ1n) is 9.36. The summed E-state index contributed by atoms with van der Waals surface area (Å²) >= 11 is 0. The molecule has 31 heavy (non-hydrogen) atoms. The van der Waals surface area contributed by atoms with Crippen LogP contribution in [-0.2, 0) is 6.54 Å². The molecule has 14 heteroatoms. The van der Waals surface area contributed by atoms with Crippen molar-refractivity contribution in [1.82, 2.24) is 35.6 Å². The van der Waals surface area contributed by atoms with Crippen LogP contribution >= 0.6 is 0 Å². The first-order valence-corrected chi connectivity index (χ1v) is 9.36. The molecule has 160 valence electrons. The minimum absolute atomic E-state index is 0.0169. The molecular formula is C17H18N10O4. The molecule has 1 saturated heterocycles. The molecule has 3 aromatic rings. The van der Waals surface area contributed by atoms with Gasteiger partial charge in [0.05, 0.1) is 16.8 Å². The minimum atomic E-state index is -0.600. The molecule has 3 heterocycles. The van der Waals surface area contributed by atoms with Gasteiger partial charge in [-0.15, -0.1) is 5.10 Å². The van der Waals surface area contributed by atoms with E-state index in [0.717, 1.165) is 25.9 Å². The van der Waals surface area contributed by atoms with Crippen molar-refractivity contribution in [2.24, 2.45) is 5.10 Å². The molecule has 2 aromatic heterocycles. The highest BCUT2D eigenvalue weighted by Gasteiger charge is 2.26. The van der Waals surface area contributed by atoms with Gasteiger partial charge in [-0.05, 0) is 36.2 Å². The first kappa shape index (κ1) is 20.1. The van der Waals surface area contributed by atoms with Crippen molar-refractivity contribution in [1.29, 1.82) is 0 Å². The average molecular weight is 426 g/mol. The monoisotopic (exact) mass is 426 g/mol. The number of nitro groups is 1. The second-order valence-corrected chi connectivity index (χ2v) is 6.80. The number of anilines is 1. The van der Waals surface area contributed by atoms with E-state index >= 15 is 0 Å². The number of nitrogens with two attached hydrogens (primary N) is 1. The zero-order valence-corrected chi connectivity index (χ0v) is 16.2. The molecule has 0 saturated carbocycles. The summed E-state index contributed by atoms with van der Waals surface area (Å²) in [5.41, 5.74) is 9.03. The van der Waals surface area contributed by atoms with Crippen molar-refractivity contribution in [2.75, 3.05) is 18.8 Å². The van der Waals surface area contributed by atoms with E-state index in [1.807, 2.05) is 0 Å². The van der Waals surface area contributed by atoms with Crippen molar-refractivity contribution < 1.29 is 14.3 Å². The third kappa shape index (κ3) is 4.37. The summed E-state index contributed by atoms with van der Waals surface area (Å²) in [5.74, 6) is -0.443. The molecule has 1 amide bonds. The topological polar surface area (TPSA) is 183 Å². The summed E-state index contributed by atoms with van der Waals surface area (Å²) in [4.78, 5) is 25.2. The zero-order valence-electron chi connectivity index (χ0n) is 16.2. The standard InChI is InChI=1S/C17H18N10O4/c18-15-16(23-31-22-15)26-13(10-25-6-1-2-7-25)14(20-24-26)17(28)21-19-9-11-4-3-5-12(8-11)27(29)30/h3-5,8-9H,1-2,6-7,10H2,(H2,18,22)(H,21,28)/b19-9+. The number of hydrazone groups is 1. The van der Waals surface area contributed by atoms with Crippen molar-refractivity contribution >= 4 is 23.6 Å². The Hall–Kier alpha value is -4.20. The third-order valence-corrected chi connectivity index (χ3v) is 4.71. The molecule has 1 aliphatic rings. The number of benzene rings is 1. The lowest BCUT2D eigenvalue weighted by Crippen LogP contribution is -2.25. The van der Waals surface area contributed by atoms with Gasteiger partial charge in [0.2, 0.25) is 11.6 Å². The molecule has 0 radical (unpaired) electrons. The fourth-order valence-electron chi connectivity index (χ4n) is 3.22. The van der Waals surface area contributed by atoms with Crippen LogP contribution in [0.5, 0.6) is 0 Å². The molecular weight excluding hydrogens is 408 g/mol. The largest absolute Gasteiger partial charge is 0.378 e. The summed E-state index contributed by atoms with van der Waals surface area (Å²) in [6, 6.07) is 5.85. The van der Waals surface area contributed by atoms with Crippen LogP contribution in [0, 0.1) is 10.1 Å². The number of likely N-dealkylation sites (tertiary alicyclic amines) is 1. The van der Waals surface area contributed by atoms with Crippen molar-refractivity contribution in [3.8, 4) is 5.82 Å². The molecule has 4 rings (SSSR count). The van der Waals surface area contributed by atoms with Crippen LogP contribution in [0.4, 0.5) is 11.5 Å². The van der Waals surface area contributed by atoms with Gasteiger partial charge in [0.15, 0.2) is 5.69 Å². The number of carbonyl (C=O) groups is 1. The number of carbonyl (C=O) groups excluding carboxylic acids is 1. The number of rotatable bonds is 7. The molecule has 1 aliphatic heterocycles. The van der Waals surface area contributed by atoms with Crippen molar-refractivity contribution in [3.63, 3.8) is 0 Å². The lowest BCUT2D eigenvalue weighted by Gasteiger charge is -2.15. The lowest BCUT2D eigenvalue weighted by molar-refractivity contribution is -0.384. The fraction of sp³-hybridized carbons (Fsp3) is 0.294. The van der Waals surface area contributed by atoms with Gasteiger partial charge in [-0.3, -0.25) is 19.8 Å². The number of hydrogen-bond donors (Lipinski definition) is 2. The SMILES string of the molecule is Nc1nonc1-n1nnc(C(=O)N/N=C/c2cccc([N+](=O)[O-])c2)c1CN1CCCC1. The Balaban J connectivity index is 1.56. The van der Waals surface area contributed by atoms with E-state index in [0.29, 0.717) is 17.8 Å². The maximum atomic E-state index is 12.7. The van der Waals surface area contributed by atoms with Gasteiger partial charge >= 0.3 is 0 Å². The summed E-state index contributed by atoms with van der Waals surface area (Å²) in [7, 11) is 0. The van der Waals surface area contributed by atoms with E-state index in [2.05, 4.69) is 40.7 Å². The smallest absolute Gasteiger partial charge is 0.293 e. The quantitative estimate of drug-likeness (QED) is 0.306. The molecule has 1 fully saturated rings. The Morgan fingerprint density at radius 2 is 2.16 bits per heavy atom. The normalized spacial score (nSPS) is 14.3. The number of nitrogens with one attached hydrogen (secondary N) is 1. The number of nitro benzene ring substituents is 1. The third-order valence-electron chi connectivity index (χ3n) is 4.71. The minimum Gasteiger partial charge on any atom is -0.378 e. The van der Waals surface area contributed by atoms with Crippen LogP contribution in [0.15, 0.2) is 34.0 Å². The second kappa shape index (κ2) is 8.66. The van der Waals surface area contributed by atoms with Crippen molar-refractivity contribution in [2.45, 2.75) is 19.4 Å². The molecule has 0 aliphatic carbocycles. The fourth-order valence-corrected chi connectivity index (χ4v) is 3.22. The lowest BCUT2D eigenvalue weighted by atomic mass is 10.2. The molecule has 14 nitrogen and oxygen atoms in total. The number of hydrogen-bond acceptors (Lipinski definition) is 11. The van der Waals surface area contributed by atoms with E-state index < -0.39 is 10.8 Å². The molecule has 1 aromatic carbocycles. The average Bonchev–Trinajstić information content (AvgIpc) is 3.50. The first-order chi connectivity index (χ1) is 15.0. The van der Waals surface area contributed by atoms with Crippen molar-refractivity contribution in [3.05, 3.63) is 51.3 Å². The van der Waals surface area contributed by atoms with Gasteiger partial charge in [0.25, 0.3) is 11.6 Å². The second-order valence-electron chi connectivity index (χ2n) is 6.80. The van der Waals surface area contributed by atoms with Gasteiger partial charge < -0.3 is 5.73 Å². The molecule has 0 bridgehead atoms. The van der Waals surface area contributed by atoms with E-state index in [4.69, 9.17) is 5.73 Å². The van der Waals surface area contributed by atoms with E-state index in [1.54, 1.807) is 6.07 Å². The molecule has 0 unspecified atom stereocenters. The Labute approximate surface area is 174 Å². The number of nitrogen functional groups attached to an aromatic ring is 1. The maximum absolute atomic E-state index is 12.7. The number of amides is 1. The maximum Gasteiger partial charge on any atom is 0.293 e. The Kier molecular flexibility index (Phi) is 5.61. The summed E-state index contributed by atoms with van der Waals surface area (Å²) in [6.45, 7) is 2.16. The highest BCUT2D eigenvalue weighted by Crippen LogP contribution is 2.19. The highest BCUT2D eigenvalue weighted by molar-refractivity contribution is 5.94. The van der Waals surface area contributed by atoms with Crippen LogP contribution in [0.1, 0.15) is 34.6 Å². The Bertz CT molecular complexity index is 1130. The number of non-ortho nitro benzene ring substituents is 1. The van der Waals surface area contributed by atoms with Gasteiger partial charge in [0.1, 0.15) is 0 Å². The highest BCUT2D eigenvalue weighted by atomic mass is 16.6. The van der Waals surface area contributed by atoms with Gasteiger partial charge in [-0.25, -0.2) is 10.1 Å². The van der Waals surface area contributed by atoms with Gasteiger partial charge in [0, 0.05) is 24.2 Å². The molecule has 3 N–H and O–H groups in total. The van der Waals surface area contributed by atoms with Gasteiger partial charge in [-0.2, -0.15) is 9.78 Å². The number of nitrogens with zero attached hydrogens (tertiary/aromatic N) is 8. The van der Waals surface area contributed by atoms with E-state index in [9.17, 15) is 14.9 Å². The van der Waals surface area contributed by atoms with Gasteiger partial charge in [-0.1, -0.05) is 17.3 Å². The summed E-state index contributed by atoms with van der Waals surface area (Å²) < 4.78 is 5.96. The van der Waals surface area contributed by atoms with Crippen LogP contribution in [0.3, 0.4) is 0 Å². The van der Waals surface area contributed by atoms with Crippen LogP contribution in [-0.4, -0.2) is 60.3 Å². The zero-order chi connectivity index (χ0) is 21.8. The van der Waals surface area contributed by atoms with E-state index in [-0.39, 0.29) is 23.0 Å². The predicted molar refractivity (Wildman–Crippen MR) is 106 cm³/mol. The predicted octanol–water partition coefficient (Wildman–Crippen LogP) is 0.500. The summed E-state index contributed by atoms with van der Waals surface area (Å²) in [5, 5.41) is 30.0.